The van der Waals surface area contributed by atoms with Crippen LogP contribution in [0.5, 0.6) is 11.5 Å². The Morgan fingerprint density at radius 2 is 1.11 bits per heavy atom. The maximum absolute atomic E-state index is 15.8. The summed E-state index contributed by atoms with van der Waals surface area (Å²) in [5, 5.41) is 24.1. The van der Waals surface area contributed by atoms with Crippen molar-refractivity contribution >= 4 is 56.5 Å². The molecule has 8 heterocycles. The summed E-state index contributed by atoms with van der Waals surface area (Å²) in [6.45, 7) is 24.9. The number of benzene rings is 2. The largest absolute Gasteiger partial charge is 0.507 e. The van der Waals surface area contributed by atoms with Crippen LogP contribution in [-0.4, -0.2) is 117 Å². The molecule has 6 aromatic heterocycles. The third-order valence-corrected chi connectivity index (χ3v) is 14.4. The summed E-state index contributed by atoms with van der Waals surface area (Å²) in [5.41, 5.74) is 0.922. The Hall–Kier alpha value is -8.89. The first-order valence-electron chi connectivity index (χ1n) is 26.6. The predicted molar refractivity (Wildman–Crippen MR) is 319 cm³/mol. The zero-order valence-corrected chi connectivity index (χ0v) is 47.6. The number of carbonyl (C=O) groups is 2. The molecule has 8 aromatic rings. The number of rotatable bonds is 10. The van der Waals surface area contributed by atoms with Crippen LogP contribution in [0.15, 0.2) is 108 Å². The molecule has 0 unspecified atom stereocenters. The SMILES string of the molecule is C.C=CC(=O)Cl.C=CC(=O)N1CCN(c2nc(=O)n(-c3c(C)ccnc3C(C)C)c3nc(-c4c(O)cccc4F)c(F)cc23)[C@@H](C)C1.Cc1ccnc(C(C)C)c1-n1c(=O)nc(N2CCNC[C@@H]2C)c2cc(F)c(-c3c(O)cccc3F)nc21. The molecule has 2 aromatic carbocycles. The van der Waals surface area contributed by atoms with Crippen molar-refractivity contribution in [3.8, 4) is 45.4 Å². The van der Waals surface area contributed by atoms with Crippen LogP contribution < -0.4 is 26.5 Å². The van der Waals surface area contributed by atoms with Crippen LogP contribution >= 0.6 is 11.6 Å². The summed E-state index contributed by atoms with van der Waals surface area (Å²) in [6, 6.07) is 13.0. The fourth-order valence-corrected chi connectivity index (χ4v) is 10.2. The van der Waals surface area contributed by atoms with E-state index >= 15 is 8.78 Å². The van der Waals surface area contributed by atoms with E-state index in [1.165, 1.54) is 45.5 Å². The number of amides is 1. The summed E-state index contributed by atoms with van der Waals surface area (Å²) in [7, 11) is 0. The van der Waals surface area contributed by atoms with E-state index < -0.39 is 68.3 Å². The second kappa shape index (κ2) is 26.1. The van der Waals surface area contributed by atoms with Crippen LogP contribution in [0.2, 0.25) is 0 Å². The second-order valence-corrected chi connectivity index (χ2v) is 20.9. The molecule has 0 spiro atoms. The molecule has 2 aliphatic heterocycles. The molecule has 0 radical (unpaired) electrons. The van der Waals surface area contributed by atoms with Gasteiger partial charge in [-0.3, -0.25) is 19.6 Å². The van der Waals surface area contributed by atoms with Crippen molar-refractivity contribution in [2.45, 2.75) is 86.7 Å². The quantitative estimate of drug-likeness (QED) is 0.0659. The highest BCUT2D eigenvalue weighted by atomic mass is 35.5. The maximum atomic E-state index is 15.8. The molecule has 2 atom stereocenters. The van der Waals surface area contributed by atoms with Crippen molar-refractivity contribution in [1.82, 2.24) is 49.3 Å². The lowest BCUT2D eigenvalue weighted by atomic mass is 10.0. The number of carbonyl (C=O) groups excluding carboxylic acids is 2. The minimum Gasteiger partial charge on any atom is -0.507 e. The molecule has 2 aliphatic rings. The van der Waals surface area contributed by atoms with E-state index in [0.29, 0.717) is 78.8 Å². The molecule has 440 valence electrons. The highest BCUT2D eigenvalue weighted by Gasteiger charge is 2.33. The zero-order valence-electron chi connectivity index (χ0n) is 46.9. The lowest BCUT2D eigenvalue weighted by Crippen LogP contribution is -2.54. The van der Waals surface area contributed by atoms with Crippen molar-refractivity contribution in [1.29, 1.82) is 0 Å². The van der Waals surface area contributed by atoms with Crippen molar-refractivity contribution in [3.63, 3.8) is 0 Å². The first-order chi connectivity index (χ1) is 39.5. The fourth-order valence-electron chi connectivity index (χ4n) is 10.2. The monoisotopic (exact) mass is 1170 g/mol. The van der Waals surface area contributed by atoms with Crippen molar-refractivity contribution < 1.29 is 37.4 Å². The normalized spacial score (nSPS) is 15.1. The molecule has 2 fully saturated rings. The lowest BCUT2D eigenvalue weighted by Gasteiger charge is -2.40. The minimum absolute atomic E-state index is 0. The van der Waals surface area contributed by atoms with Crippen LogP contribution in [0.4, 0.5) is 29.2 Å². The maximum Gasteiger partial charge on any atom is 0.355 e. The van der Waals surface area contributed by atoms with Gasteiger partial charge in [0.25, 0.3) is 0 Å². The molecular formula is C61H65ClF4N12O6. The van der Waals surface area contributed by atoms with Crippen LogP contribution in [-0.2, 0) is 9.59 Å². The second-order valence-electron chi connectivity index (χ2n) is 20.6. The van der Waals surface area contributed by atoms with E-state index in [9.17, 15) is 38.2 Å². The van der Waals surface area contributed by atoms with E-state index in [2.05, 4.69) is 48.4 Å². The molecule has 1 amide bonds. The van der Waals surface area contributed by atoms with Gasteiger partial charge in [0.05, 0.1) is 44.7 Å². The summed E-state index contributed by atoms with van der Waals surface area (Å²) < 4.78 is 63.7. The molecule has 3 N–H and O–H groups in total. The number of nitrogens with zero attached hydrogens (tertiary/aromatic N) is 11. The van der Waals surface area contributed by atoms with Gasteiger partial charge in [-0.2, -0.15) is 9.97 Å². The first-order valence-corrected chi connectivity index (χ1v) is 27.0. The van der Waals surface area contributed by atoms with Gasteiger partial charge in [-0.1, -0.05) is 60.4 Å². The number of pyridine rings is 4. The van der Waals surface area contributed by atoms with Crippen molar-refractivity contribution in [2.75, 3.05) is 49.1 Å². The molecule has 0 bridgehead atoms. The number of allylic oxidation sites excluding steroid dienone is 1. The number of piperazine rings is 2. The number of phenols is 2. The summed E-state index contributed by atoms with van der Waals surface area (Å²) in [5.74, 6) is -4.20. The van der Waals surface area contributed by atoms with E-state index in [4.69, 9.17) is 11.6 Å². The fraction of sp³-hybridized carbons (Fsp3) is 0.311. The number of hydrogen-bond acceptors (Lipinski definition) is 15. The topological polar surface area (TPSA) is 218 Å². The number of anilines is 2. The van der Waals surface area contributed by atoms with Crippen molar-refractivity contribution in [2.24, 2.45) is 0 Å². The smallest absolute Gasteiger partial charge is 0.355 e. The molecule has 18 nitrogen and oxygen atoms in total. The number of halogens is 5. The van der Waals surface area contributed by atoms with Gasteiger partial charge in [0.1, 0.15) is 46.2 Å². The van der Waals surface area contributed by atoms with Crippen LogP contribution in [0, 0.1) is 37.1 Å². The number of hydrogen-bond donors (Lipinski definition) is 3. The Balaban J connectivity index is 0.000000222. The minimum atomic E-state index is -0.897. The first kappa shape index (κ1) is 62.7. The zero-order chi connectivity index (χ0) is 60.3. The lowest BCUT2D eigenvalue weighted by molar-refractivity contribution is -0.126. The molecule has 0 saturated carbocycles. The summed E-state index contributed by atoms with van der Waals surface area (Å²) in [6.07, 6.45) is 5.60. The third-order valence-electron chi connectivity index (χ3n) is 14.2. The standard InChI is InChI=1S/C30H30F2N6O3.C27H28F2N6O2.C3H3ClO.CH4/c1-6-23(40)36-12-13-37(18(5)15-36)28-19-14-21(32)26(24-20(31)8-7-9-22(24)39)34-29(19)38(30(41)35-28)27-17(4)10-11-33-25(27)16(2)3;1-14(2)22-24(15(3)8-9-31-22)35-26-17(25(33-27(35)37)34-11-10-30-13-16(34)4)12-19(29)23(32-26)21-18(28)6-5-7-20(21)36;1-2-3(4)5;/h6-11,14,16,18,39H,1,12-13,15H2,2-5H3;5-9,12,14,16,30,36H,10-11,13H2,1-4H3;2H,1H2;1H4/t18-;16-;;/m00../s1. The molecule has 0 aliphatic carbocycles. The average molecular weight is 1170 g/mol. The number of aromatic hydroxyl groups is 2. The van der Waals surface area contributed by atoms with Gasteiger partial charge in [-0.15, -0.1) is 0 Å². The molecule has 2 saturated heterocycles. The number of aromatic nitrogens is 8. The van der Waals surface area contributed by atoms with E-state index in [1.807, 2.05) is 65.2 Å². The number of aryl methyl sites for hydroxylation is 2. The molecule has 84 heavy (non-hydrogen) atoms. The van der Waals surface area contributed by atoms with Gasteiger partial charge >= 0.3 is 11.4 Å². The Labute approximate surface area is 487 Å². The molecule has 10 rings (SSSR count). The molecular weight excluding hydrogens is 1110 g/mol. The van der Waals surface area contributed by atoms with E-state index in [1.54, 1.807) is 29.4 Å². The third kappa shape index (κ3) is 12.4. The number of nitrogens with one attached hydrogen (secondary N) is 1. The van der Waals surface area contributed by atoms with Crippen LogP contribution in [0.25, 0.3) is 56.0 Å². The van der Waals surface area contributed by atoms with E-state index in [0.717, 1.165) is 29.8 Å². The highest BCUT2D eigenvalue weighted by molar-refractivity contribution is 6.66. The summed E-state index contributed by atoms with van der Waals surface area (Å²) in [4.78, 5) is 81.5. The van der Waals surface area contributed by atoms with Crippen LogP contribution in [0.1, 0.15) is 83.3 Å². The average Bonchev–Trinajstić information content (AvgIpc) is 0.959. The van der Waals surface area contributed by atoms with Gasteiger partial charge < -0.3 is 30.2 Å². The number of fused-ring (bicyclic) bond motifs is 2. The molecule has 23 heteroatoms. The Bertz CT molecular complexity index is 3950. The Kier molecular flexibility index (Phi) is 19.5. The van der Waals surface area contributed by atoms with E-state index in [-0.39, 0.29) is 65.3 Å². The van der Waals surface area contributed by atoms with Gasteiger partial charge in [0.2, 0.25) is 11.1 Å². The predicted octanol–water partition coefficient (Wildman–Crippen LogP) is 10.1. The van der Waals surface area contributed by atoms with Crippen molar-refractivity contribution in [3.05, 3.63) is 165 Å². The summed E-state index contributed by atoms with van der Waals surface area (Å²) >= 11 is 4.71. The Morgan fingerprint density at radius 3 is 1.49 bits per heavy atom. The van der Waals surface area contributed by atoms with Gasteiger partial charge in [-0.25, -0.2) is 46.3 Å². The van der Waals surface area contributed by atoms with Gasteiger partial charge in [0, 0.05) is 63.7 Å². The highest BCUT2D eigenvalue weighted by Crippen LogP contribution is 2.39. The number of phenolic OH excluding ortho intramolecular Hbond substituents is 2. The van der Waals surface area contributed by atoms with Crippen LogP contribution in [0.3, 0.4) is 0 Å². The Morgan fingerprint density at radius 1 is 0.667 bits per heavy atom. The van der Waals surface area contributed by atoms with Gasteiger partial charge in [0.15, 0.2) is 22.9 Å². The van der Waals surface area contributed by atoms with Gasteiger partial charge in [-0.05, 0) is 123 Å².